The van der Waals surface area contributed by atoms with Crippen LogP contribution < -0.4 is 18.5 Å². The minimum absolute atomic E-state index is 0.137. The summed E-state index contributed by atoms with van der Waals surface area (Å²) in [5.74, 6) is 0.631. The molecule has 2 unspecified atom stereocenters. The molecule has 12 heteroatoms. The molecule has 0 aromatic heterocycles. The van der Waals surface area contributed by atoms with Crippen LogP contribution in [0.1, 0.15) is 5.56 Å². The molecular formula is C21H21BrO9P2. The first kappa shape index (κ1) is 25.3. The SMILES string of the molecule is COc1ccc(OP(=O)(O)C(O)(c2ccc(Br)cc2)P(=O)(O)Oc2ccc(OC)cc2)cc1. The van der Waals surface area contributed by atoms with E-state index in [4.69, 9.17) is 18.5 Å². The van der Waals surface area contributed by atoms with E-state index in [2.05, 4.69) is 15.9 Å². The molecule has 0 saturated carbocycles. The highest BCUT2D eigenvalue weighted by Crippen LogP contribution is 2.76. The largest absolute Gasteiger partial charge is 0.497 e. The fourth-order valence-electron chi connectivity index (χ4n) is 2.85. The molecule has 0 bridgehead atoms. The molecule has 33 heavy (non-hydrogen) atoms. The summed E-state index contributed by atoms with van der Waals surface area (Å²) in [6.45, 7) is 0. The van der Waals surface area contributed by atoms with E-state index >= 15 is 0 Å². The van der Waals surface area contributed by atoms with Gasteiger partial charge in [-0.3, -0.25) is 0 Å². The standard InChI is InChI=1S/C21H21BrO9P2/c1-28-17-7-11-19(12-8-17)30-32(24,25)21(23,15-3-5-16(22)6-4-15)33(26,27)31-20-13-9-18(29-2)10-14-20/h3-14,23H,1-2H3,(H,24,25)(H,26,27). The zero-order valence-corrected chi connectivity index (χ0v) is 20.9. The van der Waals surface area contributed by atoms with Gasteiger partial charge in [0.15, 0.2) is 0 Å². The van der Waals surface area contributed by atoms with Crippen molar-refractivity contribution in [1.82, 2.24) is 0 Å². The summed E-state index contributed by atoms with van der Waals surface area (Å²) in [4.78, 5) is 21.7. The van der Waals surface area contributed by atoms with Crippen molar-refractivity contribution in [2.24, 2.45) is 0 Å². The Bertz CT molecular complexity index is 1110. The van der Waals surface area contributed by atoms with Crippen molar-refractivity contribution >= 4 is 31.1 Å². The van der Waals surface area contributed by atoms with Crippen LogP contribution in [0, 0.1) is 0 Å². The molecule has 0 fully saturated rings. The van der Waals surface area contributed by atoms with Crippen LogP contribution in [-0.4, -0.2) is 29.1 Å². The van der Waals surface area contributed by atoms with Crippen LogP contribution in [0.3, 0.4) is 0 Å². The van der Waals surface area contributed by atoms with Crippen molar-refractivity contribution < 1.29 is 42.5 Å². The average Bonchev–Trinajstić information content (AvgIpc) is 2.79. The van der Waals surface area contributed by atoms with E-state index in [1.54, 1.807) is 0 Å². The van der Waals surface area contributed by atoms with Gasteiger partial charge in [0.2, 0.25) is 0 Å². The fraction of sp³-hybridized carbons (Fsp3) is 0.143. The minimum atomic E-state index is -5.33. The zero-order chi connectivity index (χ0) is 24.3. The van der Waals surface area contributed by atoms with Gasteiger partial charge in [0.25, 0.3) is 0 Å². The highest BCUT2D eigenvalue weighted by atomic mass is 79.9. The molecule has 0 spiro atoms. The number of aliphatic hydroxyl groups is 1. The quantitative estimate of drug-likeness (QED) is 0.307. The molecule has 0 aliphatic rings. The molecule has 0 radical (unpaired) electrons. The first-order chi connectivity index (χ1) is 15.5. The van der Waals surface area contributed by atoms with Gasteiger partial charge in [0.1, 0.15) is 23.0 Å². The third-order valence-electron chi connectivity index (χ3n) is 4.60. The van der Waals surface area contributed by atoms with Crippen LogP contribution in [-0.2, 0) is 14.2 Å². The molecule has 0 aliphatic heterocycles. The second-order valence-electron chi connectivity index (χ2n) is 6.72. The number of hydrogen-bond acceptors (Lipinski definition) is 7. The van der Waals surface area contributed by atoms with E-state index in [1.807, 2.05) is 0 Å². The van der Waals surface area contributed by atoms with Gasteiger partial charge in [-0.25, -0.2) is 9.13 Å². The molecule has 9 nitrogen and oxygen atoms in total. The predicted molar refractivity (Wildman–Crippen MR) is 125 cm³/mol. The maximum absolute atomic E-state index is 13.4. The molecule has 3 rings (SSSR count). The van der Waals surface area contributed by atoms with E-state index < -0.39 is 20.3 Å². The monoisotopic (exact) mass is 558 g/mol. The summed E-state index contributed by atoms with van der Waals surface area (Å²) >= 11 is 3.22. The Morgan fingerprint density at radius 2 is 1.00 bits per heavy atom. The first-order valence-electron chi connectivity index (χ1n) is 9.34. The van der Waals surface area contributed by atoms with Crippen molar-refractivity contribution in [3.63, 3.8) is 0 Å². The van der Waals surface area contributed by atoms with Crippen LogP contribution in [0.5, 0.6) is 23.0 Å². The maximum atomic E-state index is 13.4. The van der Waals surface area contributed by atoms with Gasteiger partial charge in [-0.05, 0) is 60.7 Å². The highest BCUT2D eigenvalue weighted by molar-refractivity contribution is 9.10. The summed E-state index contributed by atoms with van der Waals surface area (Å²) in [7, 11) is -7.78. The normalized spacial score (nSPS) is 16.5. The van der Waals surface area contributed by atoms with Crippen LogP contribution in [0.4, 0.5) is 0 Å². The summed E-state index contributed by atoms with van der Waals surface area (Å²) in [5, 5.41) is 8.08. The molecule has 2 atom stereocenters. The molecule has 0 saturated heterocycles. The molecule has 0 aliphatic carbocycles. The third kappa shape index (κ3) is 5.27. The molecule has 176 valence electrons. The van der Waals surface area contributed by atoms with Gasteiger partial charge >= 0.3 is 20.3 Å². The molecule has 0 heterocycles. The molecule has 3 N–H and O–H groups in total. The summed E-state index contributed by atoms with van der Waals surface area (Å²) < 4.78 is 47.8. The maximum Gasteiger partial charge on any atom is 0.426 e. The Morgan fingerprint density at radius 1 is 0.667 bits per heavy atom. The Labute approximate surface area is 198 Å². The summed E-state index contributed by atoms with van der Waals surface area (Å²) in [6.07, 6.45) is 0. The van der Waals surface area contributed by atoms with E-state index in [1.165, 1.54) is 87.0 Å². The molecule has 3 aromatic rings. The van der Waals surface area contributed by atoms with Crippen molar-refractivity contribution in [1.29, 1.82) is 0 Å². The van der Waals surface area contributed by atoms with Gasteiger partial charge in [0, 0.05) is 10.0 Å². The minimum Gasteiger partial charge on any atom is -0.497 e. The predicted octanol–water partition coefficient (Wildman–Crippen LogP) is 5.10. The van der Waals surface area contributed by atoms with Crippen molar-refractivity contribution in [2.45, 2.75) is 5.08 Å². The van der Waals surface area contributed by atoms with Gasteiger partial charge < -0.3 is 33.4 Å². The fourth-order valence-corrected chi connectivity index (χ4v) is 6.65. The first-order valence-corrected chi connectivity index (χ1v) is 13.3. The van der Waals surface area contributed by atoms with Crippen LogP contribution >= 0.6 is 31.1 Å². The lowest BCUT2D eigenvalue weighted by Crippen LogP contribution is -2.30. The van der Waals surface area contributed by atoms with Gasteiger partial charge in [-0.15, -0.1) is 0 Å². The molecular weight excluding hydrogens is 538 g/mol. The van der Waals surface area contributed by atoms with E-state index in [0.717, 1.165) is 0 Å². The lowest BCUT2D eigenvalue weighted by atomic mass is 10.2. The topological polar surface area (TPSA) is 132 Å². The zero-order valence-electron chi connectivity index (χ0n) is 17.5. The Balaban J connectivity index is 2.06. The second kappa shape index (κ2) is 9.89. The number of halogens is 1. The van der Waals surface area contributed by atoms with Gasteiger partial charge in [0.05, 0.1) is 14.2 Å². The van der Waals surface area contributed by atoms with E-state index in [0.29, 0.717) is 16.0 Å². The molecule has 3 aromatic carbocycles. The Hall–Kier alpha value is -2.32. The summed E-state index contributed by atoms with van der Waals surface area (Å²) in [6, 6.07) is 16.4. The van der Waals surface area contributed by atoms with Crippen molar-refractivity contribution in [2.75, 3.05) is 14.2 Å². The number of ether oxygens (including phenoxy) is 2. The van der Waals surface area contributed by atoms with E-state index in [-0.39, 0.29) is 17.1 Å². The van der Waals surface area contributed by atoms with Crippen LogP contribution in [0.2, 0.25) is 0 Å². The third-order valence-corrected chi connectivity index (χ3v) is 9.65. The second-order valence-corrected chi connectivity index (χ2v) is 11.7. The Kier molecular flexibility index (Phi) is 7.59. The number of rotatable bonds is 9. The average molecular weight is 559 g/mol. The number of benzene rings is 3. The van der Waals surface area contributed by atoms with Gasteiger partial charge in [-0.2, -0.15) is 0 Å². The number of hydrogen-bond donors (Lipinski definition) is 3. The lowest BCUT2D eigenvalue weighted by Gasteiger charge is -2.34. The highest BCUT2D eigenvalue weighted by Gasteiger charge is 2.66. The van der Waals surface area contributed by atoms with Crippen molar-refractivity contribution in [3.05, 3.63) is 82.8 Å². The van der Waals surface area contributed by atoms with E-state index in [9.17, 15) is 24.0 Å². The Morgan fingerprint density at radius 3 is 1.33 bits per heavy atom. The summed E-state index contributed by atoms with van der Waals surface area (Å²) in [5.41, 5.74) is -0.357. The smallest absolute Gasteiger partial charge is 0.426 e. The lowest BCUT2D eigenvalue weighted by molar-refractivity contribution is 0.135. The van der Waals surface area contributed by atoms with Crippen LogP contribution in [0.25, 0.3) is 0 Å². The van der Waals surface area contributed by atoms with Crippen LogP contribution in [0.15, 0.2) is 77.3 Å². The molecule has 0 amide bonds. The van der Waals surface area contributed by atoms with Gasteiger partial charge in [-0.1, -0.05) is 28.1 Å². The van der Waals surface area contributed by atoms with Crippen molar-refractivity contribution in [3.8, 4) is 23.0 Å². The number of methoxy groups -OCH3 is 2.